The van der Waals surface area contributed by atoms with Crippen molar-refractivity contribution in [1.82, 2.24) is 0 Å². The summed E-state index contributed by atoms with van der Waals surface area (Å²) in [5, 5.41) is 2.90. The summed E-state index contributed by atoms with van der Waals surface area (Å²) in [5.41, 5.74) is -0.323. The van der Waals surface area contributed by atoms with Gasteiger partial charge < -0.3 is 19.2 Å². The van der Waals surface area contributed by atoms with Gasteiger partial charge in [-0.1, -0.05) is 23.7 Å². The highest BCUT2D eigenvalue weighted by atomic mass is 35.5. The number of methoxy groups -OCH3 is 2. The third-order valence-electron chi connectivity index (χ3n) is 4.03. The highest BCUT2D eigenvalue weighted by molar-refractivity contribution is 6.32. The number of amides is 1. The SMILES string of the molecule is COc1cc(NC(=O)c2ccc(-c3cccc(C(F)(F)F)c3)o2)c(OC)cc1Cl. The molecule has 2 aromatic carbocycles. The third-order valence-corrected chi connectivity index (χ3v) is 4.32. The Kier molecular flexibility index (Phi) is 5.74. The summed E-state index contributed by atoms with van der Waals surface area (Å²) < 4.78 is 54.4. The van der Waals surface area contributed by atoms with E-state index in [9.17, 15) is 18.0 Å². The summed E-state index contributed by atoms with van der Waals surface area (Å²) in [4.78, 5) is 12.5. The number of carbonyl (C=O) groups excluding carboxylic acids is 1. The van der Waals surface area contributed by atoms with Gasteiger partial charge in [0, 0.05) is 17.7 Å². The van der Waals surface area contributed by atoms with Gasteiger partial charge in [-0.15, -0.1) is 0 Å². The number of ether oxygens (including phenoxy) is 2. The van der Waals surface area contributed by atoms with Crippen LogP contribution in [-0.4, -0.2) is 20.1 Å². The molecule has 0 atom stereocenters. The molecule has 5 nitrogen and oxygen atoms in total. The van der Waals surface area contributed by atoms with Crippen LogP contribution in [0.1, 0.15) is 16.1 Å². The second-order valence-corrected chi connectivity index (χ2v) is 6.29. The van der Waals surface area contributed by atoms with Crippen LogP contribution in [0.2, 0.25) is 5.02 Å². The van der Waals surface area contributed by atoms with E-state index in [4.69, 9.17) is 25.5 Å². The highest BCUT2D eigenvalue weighted by Crippen LogP contribution is 2.36. The minimum absolute atomic E-state index is 0.0895. The molecular formula is C20H15ClF3NO4. The predicted molar refractivity (Wildman–Crippen MR) is 102 cm³/mol. The van der Waals surface area contributed by atoms with Gasteiger partial charge in [-0.2, -0.15) is 13.2 Å². The fraction of sp³-hybridized carbons (Fsp3) is 0.150. The number of rotatable bonds is 5. The van der Waals surface area contributed by atoms with E-state index in [0.717, 1.165) is 12.1 Å². The van der Waals surface area contributed by atoms with Crippen LogP contribution in [0.5, 0.6) is 11.5 Å². The fourth-order valence-corrected chi connectivity index (χ4v) is 2.84. The number of hydrogen-bond donors (Lipinski definition) is 1. The first kappa shape index (κ1) is 20.6. The van der Waals surface area contributed by atoms with Crippen LogP contribution in [0.15, 0.2) is 52.9 Å². The van der Waals surface area contributed by atoms with Crippen molar-refractivity contribution in [3.63, 3.8) is 0 Å². The van der Waals surface area contributed by atoms with Crippen molar-refractivity contribution in [1.29, 1.82) is 0 Å². The number of hydrogen-bond acceptors (Lipinski definition) is 4. The molecule has 3 rings (SSSR count). The molecule has 0 aliphatic rings. The lowest BCUT2D eigenvalue weighted by atomic mass is 10.1. The Labute approximate surface area is 169 Å². The zero-order valence-corrected chi connectivity index (χ0v) is 16.0. The first-order valence-corrected chi connectivity index (χ1v) is 8.61. The van der Waals surface area contributed by atoms with Crippen molar-refractivity contribution in [3.8, 4) is 22.8 Å². The molecule has 29 heavy (non-hydrogen) atoms. The smallest absolute Gasteiger partial charge is 0.416 e. The lowest BCUT2D eigenvalue weighted by molar-refractivity contribution is -0.137. The maximum absolute atomic E-state index is 12.9. The number of furan rings is 1. The van der Waals surface area contributed by atoms with Crippen LogP contribution in [0.3, 0.4) is 0 Å². The van der Waals surface area contributed by atoms with Crippen LogP contribution < -0.4 is 14.8 Å². The topological polar surface area (TPSA) is 60.7 Å². The summed E-state index contributed by atoms with van der Waals surface area (Å²) in [6, 6.07) is 10.4. The van der Waals surface area contributed by atoms with Gasteiger partial charge in [-0.05, 0) is 24.3 Å². The first-order valence-electron chi connectivity index (χ1n) is 8.23. The van der Waals surface area contributed by atoms with E-state index in [1.165, 1.54) is 50.6 Å². The number of halogens is 4. The Balaban J connectivity index is 1.86. The molecule has 0 aliphatic carbocycles. The van der Waals surface area contributed by atoms with Crippen LogP contribution in [0.4, 0.5) is 18.9 Å². The number of nitrogens with one attached hydrogen (secondary N) is 1. The second-order valence-electron chi connectivity index (χ2n) is 5.88. The van der Waals surface area contributed by atoms with E-state index in [1.54, 1.807) is 0 Å². The Morgan fingerprint density at radius 3 is 2.41 bits per heavy atom. The number of benzene rings is 2. The quantitative estimate of drug-likeness (QED) is 0.554. The average Bonchev–Trinajstić information content (AvgIpc) is 3.19. The van der Waals surface area contributed by atoms with E-state index in [1.807, 2.05) is 0 Å². The highest BCUT2D eigenvalue weighted by Gasteiger charge is 2.30. The van der Waals surface area contributed by atoms with E-state index >= 15 is 0 Å². The van der Waals surface area contributed by atoms with Crippen LogP contribution >= 0.6 is 11.6 Å². The van der Waals surface area contributed by atoms with Gasteiger partial charge in [0.2, 0.25) is 0 Å². The Morgan fingerprint density at radius 2 is 1.76 bits per heavy atom. The summed E-state index contributed by atoms with van der Waals surface area (Å²) in [5.74, 6) is 0.0434. The fourth-order valence-electron chi connectivity index (χ4n) is 2.61. The molecular weight excluding hydrogens is 411 g/mol. The van der Waals surface area contributed by atoms with Gasteiger partial charge in [0.25, 0.3) is 5.91 Å². The summed E-state index contributed by atoms with van der Waals surface area (Å²) in [6.07, 6.45) is -4.48. The summed E-state index contributed by atoms with van der Waals surface area (Å²) in [6.45, 7) is 0. The molecule has 1 amide bonds. The Bertz CT molecular complexity index is 1050. The number of anilines is 1. The molecule has 0 unspecified atom stereocenters. The van der Waals surface area contributed by atoms with Gasteiger partial charge in [0.15, 0.2) is 5.76 Å². The minimum atomic E-state index is -4.48. The molecule has 0 bridgehead atoms. The van der Waals surface area contributed by atoms with Crippen LogP contribution in [-0.2, 0) is 6.18 Å². The lowest BCUT2D eigenvalue weighted by Crippen LogP contribution is -2.12. The van der Waals surface area contributed by atoms with Crippen LogP contribution in [0.25, 0.3) is 11.3 Å². The molecule has 0 aliphatic heterocycles. The maximum atomic E-state index is 12.9. The van der Waals surface area contributed by atoms with Crippen LogP contribution in [0, 0.1) is 0 Å². The molecule has 0 fully saturated rings. The Hall–Kier alpha value is -3.13. The summed E-state index contributed by atoms with van der Waals surface area (Å²) in [7, 11) is 2.83. The van der Waals surface area contributed by atoms with Crippen molar-refractivity contribution < 1.29 is 31.9 Å². The zero-order valence-electron chi connectivity index (χ0n) is 15.3. The zero-order chi connectivity index (χ0) is 21.2. The molecule has 0 radical (unpaired) electrons. The molecule has 0 spiro atoms. The van der Waals surface area contributed by atoms with Crippen molar-refractivity contribution >= 4 is 23.2 Å². The van der Waals surface area contributed by atoms with E-state index in [-0.39, 0.29) is 22.8 Å². The number of alkyl halides is 3. The molecule has 152 valence electrons. The van der Waals surface area contributed by atoms with Gasteiger partial charge in [-0.25, -0.2) is 0 Å². The Morgan fingerprint density at radius 1 is 1.03 bits per heavy atom. The van der Waals surface area contributed by atoms with Gasteiger partial charge in [0.1, 0.15) is 17.3 Å². The molecule has 9 heteroatoms. The third kappa shape index (κ3) is 4.48. The van der Waals surface area contributed by atoms with Gasteiger partial charge >= 0.3 is 6.18 Å². The van der Waals surface area contributed by atoms with Crippen molar-refractivity contribution in [2.24, 2.45) is 0 Å². The standard InChI is InChI=1S/C20H15ClF3NO4/c1-27-17-10-14(18(28-2)9-13(17)21)25-19(26)16-7-6-15(29-16)11-4-3-5-12(8-11)20(22,23)24/h3-10H,1-2H3,(H,25,26). The van der Waals surface area contributed by atoms with E-state index in [0.29, 0.717) is 16.5 Å². The molecule has 3 aromatic rings. The molecule has 1 N–H and O–H groups in total. The normalized spacial score (nSPS) is 11.2. The maximum Gasteiger partial charge on any atom is 0.416 e. The molecule has 0 saturated heterocycles. The van der Waals surface area contributed by atoms with E-state index < -0.39 is 17.6 Å². The molecule has 0 saturated carbocycles. The monoisotopic (exact) mass is 425 g/mol. The molecule has 1 aromatic heterocycles. The first-order chi connectivity index (χ1) is 13.7. The lowest BCUT2D eigenvalue weighted by Gasteiger charge is -2.12. The van der Waals surface area contributed by atoms with Crippen molar-refractivity contribution in [3.05, 3.63) is 64.9 Å². The van der Waals surface area contributed by atoms with Crippen molar-refractivity contribution in [2.75, 3.05) is 19.5 Å². The number of carbonyl (C=O) groups is 1. The van der Waals surface area contributed by atoms with Crippen molar-refractivity contribution in [2.45, 2.75) is 6.18 Å². The van der Waals surface area contributed by atoms with Gasteiger partial charge in [0.05, 0.1) is 30.5 Å². The molecule has 1 heterocycles. The van der Waals surface area contributed by atoms with Gasteiger partial charge in [-0.3, -0.25) is 4.79 Å². The minimum Gasteiger partial charge on any atom is -0.495 e. The largest absolute Gasteiger partial charge is 0.495 e. The average molecular weight is 426 g/mol. The predicted octanol–water partition coefficient (Wildman–Crippen LogP) is 5.89. The second kappa shape index (κ2) is 8.08. The summed E-state index contributed by atoms with van der Waals surface area (Å²) >= 11 is 6.03. The van der Waals surface area contributed by atoms with E-state index in [2.05, 4.69) is 5.32 Å².